The van der Waals surface area contributed by atoms with Gasteiger partial charge in [0.15, 0.2) is 0 Å². The molecule has 0 radical (unpaired) electrons. The van der Waals surface area contributed by atoms with Crippen LogP contribution in [-0.4, -0.2) is 11.6 Å². The van der Waals surface area contributed by atoms with Gasteiger partial charge in [0, 0.05) is 16.2 Å². The van der Waals surface area contributed by atoms with E-state index in [0.717, 1.165) is 11.3 Å². The Morgan fingerprint density at radius 2 is 1.93 bits per heavy atom. The Kier molecular flexibility index (Phi) is 4.01. The molecule has 0 amide bonds. The minimum absolute atomic E-state index is 0.130. The van der Waals surface area contributed by atoms with Crippen LogP contribution in [0.25, 0.3) is 0 Å². The topological polar surface area (TPSA) is 49.9 Å². The third-order valence-electron chi connectivity index (χ3n) is 1.75. The van der Waals surface area contributed by atoms with Crippen LogP contribution in [0.1, 0.15) is 19.4 Å². The number of rotatable bonds is 4. The standard InChI is InChI=1S/C11H16N2S/c1-8(2)7-14-10-5-3-9(4-6-10)11(12)13/h3-6,8H,7H2,1-2H3,(H3,12,13). The number of nitrogens with one attached hydrogen (secondary N) is 1. The van der Waals surface area contributed by atoms with Crippen molar-refractivity contribution in [2.75, 3.05) is 5.75 Å². The third kappa shape index (κ3) is 3.42. The Morgan fingerprint density at radius 3 is 2.36 bits per heavy atom. The first kappa shape index (κ1) is 11.1. The average molecular weight is 208 g/mol. The molecule has 0 aliphatic heterocycles. The highest BCUT2D eigenvalue weighted by Crippen LogP contribution is 2.20. The number of hydrogen-bond acceptors (Lipinski definition) is 2. The minimum atomic E-state index is 0.130. The molecule has 0 aliphatic carbocycles. The maximum atomic E-state index is 7.25. The van der Waals surface area contributed by atoms with Crippen LogP contribution >= 0.6 is 11.8 Å². The SMILES string of the molecule is CC(C)CSc1ccc(C(=N)N)cc1. The molecule has 0 aromatic heterocycles. The van der Waals surface area contributed by atoms with Gasteiger partial charge in [-0.1, -0.05) is 26.0 Å². The predicted molar refractivity (Wildman–Crippen MR) is 63.0 cm³/mol. The van der Waals surface area contributed by atoms with Crippen molar-refractivity contribution >= 4 is 17.6 Å². The van der Waals surface area contributed by atoms with Crippen molar-refractivity contribution in [3.05, 3.63) is 29.8 Å². The summed E-state index contributed by atoms with van der Waals surface area (Å²) in [4.78, 5) is 1.24. The molecule has 3 heteroatoms. The lowest BCUT2D eigenvalue weighted by Gasteiger charge is -2.05. The van der Waals surface area contributed by atoms with E-state index in [1.807, 2.05) is 36.0 Å². The van der Waals surface area contributed by atoms with Crippen molar-refractivity contribution in [1.82, 2.24) is 0 Å². The molecule has 0 saturated carbocycles. The van der Waals surface area contributed by atoms with Crippen LogP contribution in [0.2, 0.25) is 0 Å². The Balaban J connectivity index is 2.60. The van der Waals surface area contributed by atoms with Gasteiger partial charge in [-0.05, 0) is 18.1 Å². The van der Waals surface area contributed by atoms with Crippen molar-refractivity contribution < 1.29 is 0 Å². The summed E-state index contributed by atoms with van der Waals surface area (Å²) < 4.78 is 0. The Labute approximate surface area is 89.4 Å². The lowest BCUT2D eigenvalue weighted by Crippen LogP contribution is -2.10. The van der Waals surface area contributed by atoms with Crippen molar-refractivity contribution in [1.29, 1.82) is 5.41 Å². The lowest BCUT2D eigenvalue weighted by molar-refractivity contribution is 0.750. The molecule has 0 heterocycles. The van der Waals surface area contributed by atoms with Gasteiger partial charge in [0.2, 0.25) is 0 Å². The van der Waals surface area contributed by atoms with E-state index in [1.54, 1.807) is 0 Å². The highest BCUT2D eigenvalue weighted by atomic mass is 32.2. The molecule has 1 aromatic carbocycles. The summed E-state index contributed by atoms with van der Waals surface area (Å²) >= 11 is 1.84. The highest BCUT2D eigenvalue weighted by molar-refractivity contribution is 7.99. The molecule has 0 unspecified atom stereocenters. The molecule has 3 N–H and O–H groups in total. The maximum absolute atomic E-state index is 7.25. The zero-order valence-electron chi connectivity index (χ0n) is 8.58. The first-order valence-corrected chi connectivity index (χ1v) is 5.65. The molecule has 0 aliphatic rings. The second-order valence-electron chi connectivity index (χ2n) is 3.64. The van der Waals surface area contributed by atoms with Crippen LogP contribution in [0.15, 0.2) is 29.2 Å². The van der Waals surface area contributed by atoms with Crippen LogP contribution in [-0.2, 0) is 0 Å². The monoisotopic (exact) mass is 208 g/mol. The second-order valence-corrected chi connectivity index (χ2v) is 4.74. The molecule has 1 rings (SSSR count). The van der Waals surface area contributed by atoms with E-state index in [2.05, 4.69) is 13.8 Å². The van der Waals surface area contributed by atoms with E-state index in [1.165, 1.54) is 4.90 Å². The summed E-state index contributed by atoms with van der Waals surface area (Å²) in [7, 11) is 0. The van der Waals surface area contributed by atoms with Gasteiger partial charge in [0.25, 0.3) is 0 Å². The van der Waals surface area contributed by atoms with Gasteiger partial charge in [-0.25, -0.2) is 0 Å². The molecule has 0 atom stereocenters. The molecule has 1 aromatic rings. The fourth-order valence-corrected chi connectivity index (χ4v) is 1.85. The highest BCUT2D eigenvalue weighted by Gasteiger charge is 1.99. The first-order chi connectivity index (χ1) is 6.59. The Morgan fingerprint density at radius 1 is 1.36 bits per heavy atom. The van der Waals surface area contributed by atoms with Crippen molar-refractivity contribution in [3.8, 4) is 0 Å². The molecule has 0 fully saturated rings. The average Bonchev–Trinajstić information content (AvgIpc) is 2.15. The maximum Gasteiger partial charge on any atom is 0.122 e. The largest absolute Gasteiger partial charge is 0.384 e. The zero-order valence-corrected chi connectivity index (χ0v) is 9.40. The van der Waals surface area contributed by atoms with Crippen molar-refractivity contribution in [2.24, 2.45) is 11.7 Å². The molecule has 14 heavy (non-hydrogen) atoms. The van der Waals surface area contributed by atoms with Gasteiger partial charge in [-0.15, -0.1) is 11.8 Å². The number of nitrogens with two attached hydrogens (primary N) is 1. The number of thioether (sulfide) groups is 1. The van der Waals surface area contributed by atoms with Crippen LogP contribution in [0.4, 0.5) is 0 Å². The number of benzene rings is 1. The number of hydrogen-bond donors (Lipinski definition) is 2. The predicted octanol–water partition coefficient (Wildman–Crippen LogP) is 2.72. The summed E-state index contributed by atoms with van der Waals surface area (Å²) in [5.41, 5.74) is 6.15. The second kappa shape index (κ2) is 5.05. The molecular formula is C11H16N2S. The van der Waals surface area contributed by atoms with Gasteiger partial charge < -0.3 is 5.73 Å². The van der Waals surface area contributed by atoms with E-state index < -0.39 is 0 Å². The fourth-order valence-electron chi connectivity index (χ4n) is 0.994. The summed E-state index contributed by atoms with van der Waals surface area (Å²) in [6.45, 7) is 4.41. The van der Waals surface area contributed by atoms with Crippen LogP contribution in [0.3, 0.4) is 0 Å². The molecular weight excluding hydrogens is 192 g/mol. The van der Waals surface area contributed by atoms with Gasteiger partial charge in [-0.3, -0.25) is 5.41 Å². The summed E-state index contributed by atoms with van der Waals surface area (Å²) in [6.07, 6.45) is 0. The van der Waals surface area contributed by atoms with Gasteiger partial charge >= 0.3 is 0 Å². The van der Waals surface area contributed by atoms with Crippen LogP contribution in [0.5, 0.6) is 0 Å². The summed E-state index contributed by atoms with van der Waals surface area (Å²) in [5.74, 6) is 1.96. The minimum Gasteiger partial charge on any atom is -0.384 e. The van der Waals surface area contributed by atoms with Gasteiger partial charge in [0.05, 0.1) is 0 Å². The molecule has 76 valence electrons. The van der Waals surface area contributed by atoms with E-state index in [0.29, 0.717) is 5.92 Å². The van der Waals surface area contributed by atoms with Crippen molar-refractivity contribution in [3.63, 3.8) is 0 Å². The lowest BCUT2D eigenvalue weighted by atomic mass is 10.2. The molecule has 2 nitrogen and oxygen atoms in total. The Bertz CT molecular complexity index is 304. The first-order valence-electron chi connectivity index (χ1n) is 4.67. The number of amidine groups is 1. The van der Waals surface area contributed by atoms with E-state index in [-0.39, 0.29) is 5.84 Å². The van der Waals surface area contributed by atoms with Gasteiger partial charge in [0.1, 0.15) is 5.84 Å². The van der Waals surface area contributed by atoms with Gasteiger partial charge in [-0.2, -0.15) is 0 Å². The van der Waals surface area contributed by atoms with Crippen molar-refractivity contribution in [2.45, 2.75) is 18.7 Å². The molecule has 0 bridgehead atoms. The molecule has 0 spiro atoms. The molecule has 0 saturated heterocycles. The smallest absolute Gasteiger partial charge is 0.122 e. The summed E-state index contributed by atoms with van der Waals surface area (Å²) in [5, 5.41) is 7.25. The van der Waals surface area contributed by atoms with E-state index >= 15 is 0 Å². The number of nitrogen functional groups attached to an aromatic ring is 1. The Hall–Kier alpha value is -0.960. The van der Waals surface area contributed by atoms with Crippen LogP contribution < -0.4 is 5.73 Å². The van der Waals surface area contributed by atoms with E-state index in [9.17, 15) is 0 Å². The van der Waals surface area contributed by atoms with E-state index in [4.69, 9.17) is 11.1 Å². The third-order valence-corrected chi connectivity index (χ3v) is 3.19. The summed E-state index contributed by atoms with van der Waals surface area (Å²) in [6, 6.07) is 7.82. The van der Waals surface area contributed by atoms with Crippen LogP contribution in [0, 0.1) is 11.3 Å². The normalized spacial score (nSPS) is 10.5. The fraction of sp³-hybridized carbons (Fsp3) is 0.364. The quantitative estimate of drug-likeness (QED) is 0.454. The zero-order chi connectivity index (χ0) is 10.6.